The van der Waals surface area contributed by atoms with Gasteiger partial charge in [0.15, 0.2) is 6.29 Å². The van der Waals surface area contributed by atoms with Crippen molar-refractivity contribution in [3.05, 3.63) is 0 Å². The number of hydrogen-bond acceptors (Lipinski definition) is 3. The first-order chi connectivity index (χ1) is 10.6. The van der Waals surface area contributed by atoms with Crippen LogP contribution in [0.5, 0.6) is 0 Å². The van der Waals surface area contributed by atoms with E-state index in [4.69, 9.17) is 9.47 Å². The van der Waals surface area contributed by atoms with Crippen LogP contribution in [-0.2, 0) is 9.47 Å². The molecule has 0 N–H and O–H groups in total. The summed E-state index contributed by atoms with van der Waals surface area (Å²) in [5, 5.41) is 0. The largest absolute Gasteiger partial charge is 0.350 e. The lowest BCUT2D eigenvalue weighted by atomic mass is 9.67. The molecule has 3 nitrogen and oxygen atoms in total. The first kappa shape index (κ1) is 15.4. The van der Waals surface area contributed by atoms with Crippen molar-refractivity contribution >= 4 is 0 Å². The van der Waals surface area contributed by atoms with E-state index in [2.05, 4.69) is 18.7 Å². The number of hydrogen-bond donors (Lipinski definition) is 0. The predicted molar refractivity (Wildman–Crippen MR) is 87.6 cm³/mol. The van der Waals surface area contributed by atoms with Crippen LogP contribution in [0.4, 0.5) is 0 Å². The summed E-state index contributed by atoms with van der Waals surface area (Å²) in [5.74, 6) is 2.70. The van der Waals surface area contributed by atoms with Crippen LogP contribution in [0, 0.1) is 23.2 Å². The minimum absolute atomic E-state index is 0.0680. The fourth-order valence-electron chi connectivity index (χ4n) is 5.83. The maximum absolute atomic E-state index is 6.26. The summed E-state index contributed by atoms with van der Waals surface area (Å²) in [4.78, 5) is 2.57. The van der Waals surface area contributed by atoms with Gasteiger partial charge in [-0.15, -0.1) is 0 Å². The molecule has 126 valence electrons. The van der Waals surface area contributed by atoms with Gasteiger partial charge in [0.05, 0.1) is 12.7 Å². The summed E-state index contributed by atoms with van der Waals surface area (Å²) in [6, 6.07) is 0. The molecule has 2 saturated carbocycles. The van der Waals surface area contributed by atoms with Crippen LogP contribution >= 0.6 is 0 Å². The number of ether oxygens (including phenoxy) is 2. The molecule has 2 saturated heterocycles. The quantitative estimate of drug-likeness (QED) is 0.791. The standard InChI is InChI=1S/C19H33NO2/c1-19(2)15-7-6-14(10-15)17(19)11-18-21-13-16(22-18)12-20-8-4-3-5-9-20/h14-18H,3-13H2,1-2H3/t14-,15-,16+,17+,18-/m0/s1. The minimum atomic E-state index is 0.0680. The first-order valence-corrected chi connectivity index (χ1v) is 9.62. The Hall–Kier alpha value is -0.120. The number of fused-ring (bicyclic) bond motifs is 2. The SMILES string of the molecule is CC1(C)[C@H]2CC[C@@H](C2)[C@H]1C[C@H]1OC[C@@H](CN2CCCCC2)O1. The molecule has 3 heteroatoms. The van der Waals surface area contributed by atoms with Crippen LogP contribution in [0.15, 0.2) is 0 Å². The van der Waals surface area contributed by atoms with Crippen molar-refractivity contribution in [2.24, 2.45) is 23.2 Å². The average molecular weight is 307 g/mol. The van der Waals surface area contributed by atoms with E-state index in [0.29, 0.717) is 11.5 Å². The minimum Gasteiger partial charge on any atom is -0.350 e. The van der Waals surface area contributed by atoms with E-state index in [1.165, 1.54) is 51.6 Å². The van der Waals surface area contributed by atoms with Gasteiger partial charge in [-0.25, -0.2) is 0 Å². The molecule has 4 fully saturated rings. The Morgan fingerprint density at radius 2 is 1.91 bits per heavy atom. The Labute approximate surface area is 135 Å². The molecule has 0 aromatic rings. The van der Waals surface area contributed by atoms with Gasteiger partial charge in [-0.2, -0.15) is 0 Å². The van der Waals surface area contributed by atoms with Crippen LogP contribution in [0.3, 0.4) is 0 Å². The second-order valence-corrected chi connectivity index (χ2v) is 8.82. The maximum atomic E-state index is 6.26. The van der Waals surface area contributed by atoms with E-state index in [1.54, 1.807) is 0 Å². The second kappa shape index (κ2) is 6.07. The van der Waals surface area contributed by atoms with E-state index in [0.717, 1.165) is 37.3 Å². The lowest BCUT2D eigenvalue weighted by Crippen LogP contribution is -2.38. The Morgan fingerprint density at radius 3 is 2.64 bits per heavy atom. The van der Waals surface area contributed by atoms with Gasteiger partial charge in [-0.3, -0.25) is 0 Å². The fourth-order valence-corrected chi connectivity index (χ4v) is 5.83. The summed E-state index contributed by atoms with van der Waals surface area (Å²) in [5.41, 5.74) is 0.501. The molecule has 2 bridgehead atoms. The van der Waals surface area contributed by atoms with Crippen molar-refractivity contribution in [3.63, 3.8) is 0 Å². The lowest BCUT2D eigenvalue weighted by Gasteiger charge is -2.39. The highest BCUT2D eigenvalue weighted by molar-refractivity contribution is 5.02. The van der Waals surface area contributed by atoms with Crippen molar-refractivity contribution in [1.29, 1.82) is 0 Å². The Bertz CT molecular complexity index is 391. The molecule has 0 amide bonds. The molecule has 0 unspecified atom stereocenters. The molecule has 22 heavy (non-hydrogen) atoms. The maximum Gasteiger partial charge on any atom is 0.158 e. The fraction of sp³-hybridized carbons (Fsp3) is 1.00. The van der Waals surface area contributed by atoms with Gasteiger partial charge >= 0.3 is 0 Å². The van der Waals surface area contributed by atoms with Crippen LogP contribution < -0.4 is 0 Å². The Kier molecular flexibility index (Phi) is 4.25. The van der Waals surface area contributed by atoms with Gasteiger partial charge in [-0.05, 0) is 68.4 Å². The van der Waals surface area contributed by atoms with Crippen LogP contribution in [0.25, 0.3) is 0 Å². The Morgan fingerprint density at radius 1 is 1.09 bits per heavy atom. The smallest absolute Gasteiger partial charge is 0.158 e. The molecule has 0 aromatic heterocycles. The average Bonchev–Trinajstić information content (AvgIpc) is 3.19. The molecular formula is C19H33NO2. The van der Waals surface area contributed by atoms with E-state index in [9.17, 15) is 0 Å². The van der Waals surface area contributed by atoms with Gasteiger partial charge in [0.1, 0.15) is 0 Å². The van der Waals surface area contributed by atoms with Crippen LogP contribution in [0.2, 0.25) is 0 Å². The summed E-state index contributed by atoms with van der Waals surface area (Å²) in [6.07, 6.45) is 9.99. The zero-order valence-electron chi connectivity index (χ0n) is 14.4. The zero-order valence-corrected chi connectivity index (χ0v) is 14.4. The van der Waals surface area contributed by atoms with Gasteiger partial charge in [0, 0.05) is 13.0 Å². The summed E-state index contributed by atoms with van der Waals surface area (Å²) >= 11 is 0. The third kappa shape index (κ3) is 2.85. The highest BCUT2D eigenvalue weighted by Gasteiger charge is 2.53. The molecule has 2 aliphatic heterocycles. The molecule has 0 spiro atoms. The van der Waals surface area contributed by atoms with Crippen molar-refractivity contribution in [1.82, 2.24) is 4.90 Å². The molecule has 0 radical (unpaired) electrons. The van der Waals surface area contributed by atoms with Gasteiger partial charge in [0.2, 0.25) is 0 Å². The summed E-state index contributed by atoms with van der Waals surface area (Å²) < 4.78 is 12.3. The van der Waals surface area contributed by atoms with E-state index in [-0.39, 0.29) is 6.29 Å². The third-order valence-corrected chi connectivity index (χ3v) is 7.22. The molecule has 4 aliphatic rings. The normalized spacial score (nSPS) is 44.7. The summed E-state index contributed by atoms with van der Waals surface area (Å²) in [6.45, 7) is 9.37. The van der Waals surface area contributed by atoms with Crippen molar-refractivity contribution in [2.45, 2.75) is 71.2 Å². The monoisotopic (exact) mass is 307 g/mol. The molecule has 2 aliphatic carbocycles. The highest BCUT2D eigenvalue weighted by atomic mass is 16.7. The predicted octanol–water partition coefficient (Wildman–Crippen LogP) is 3.68. The summed E-state index contributed by atoms with van der Waals surface area (Å²) in [7, 11) is 0. The third-order valence-electron chi connectivity index (χ3n) is 7.22. The highest BCUT2D eigenvalue weighted by Crippen LogP contribution is 2.60. The topological polar surface area (TPSA) is 21.7 Å². The van der Waals surface area contributed by atoms with Crippen molar-refractivity contribution in [3.8, 4) is 0 Å². The van der Waals surface area contributed by atoms with E-state index in [1.807, 2.05) is 0 Å². The first-order valence-electron chi connectivity index (χ1n) is 9.62. The number of nitrogens with zero attached hydrogens (tertiary/aromatic N) is 1. The number of rotatable bonds is 4. The van der Waals surface area contributed by atoms with E-state index < -0.39 is 0 Å². The molecule has 4 rings (SSSR count). The van der Waals surface area contributed by atoms with Crippen molar-refractivity contribution < 1.29 is 9.47 Å². The lowest BCUT2D eigenvalue weighted by molar-refractivity contribution is -0.0909. The van der Waals surface area contributed by atoms with Gasteiger partial charge < -0.3 is 14.4 Å². The van der Waals surface area contributed by atoms with Crippen LogP contribution in [0.1, 0.15) is 58.8 Å². The van der Waals surface area contributed by atoms with Crippen molar-refractivity contribution in [2.75, 3.05) is 26.2 Å². The number of piperidine rings is 1. The molecular weight excluding hydrogens is 274 g/mol. The van der Waals surface area contributed by atoms with Gasteiger partial charge in [0.25, 0.3) is 0 Å². The second-order valence-electron chi connectivity index (χ2n) is 8.82. The molecule has 0 aromatic carbocycles. The molecule has 2 heterocycles. The van der Waals surface area contributed by atoms with E-state index >= 15 is 0 Å². The van der Waals surface area contributed by atoms with Gasteiger partial charge in [-0.1, -0.05) is 20.3 Å². The number of likely N-dealkylation sites (tertiary alicyclic amines) is 1. The Balaban J connectivity index is 1.28. The van der Waals surface area contributed by atoms with Crippen LogP contribution in [-0.4, -0.2) is 43.5 Å². The molecule has 5 atom stereocenters. The zero-order chi connectivity index (χ0) is 15.2.